The van der Waals surface area contributed by atoms with E-state index in [1.54, 1.807) is 26.0 Å². The maximum atomic E-state index is 12.8. The topological polar surface area (TPSA) is 124 Å². The predicted molar refractivity (Wildman–Crippen MR) is 102 cm³/mol. The number of ether oxygens (including phenoxy) is 1. The largest absolute Gasteiger partial charge is 0.456 e. The number of hydrogen-bond donors (Lipinski definition) is 4. The highest BCUT2D eigenvalue weighted by Gasteiger charge is 2.86. The zero-order valence-electron chi connectivity index (χ0n) is 17.5. The summed E-state index contributed by atoms with van der Waals surface area (Å²) in [6.07, 6.45) is 2.06. The van der Waals surface area contributed by atoms with Crippen LogP contribution in [0, 0.1) is 29.1 Å². The van der Waals surface area contributed by atoms with Crippen LogP contribution >= 0.6 is 0 Å². The van der Waals surface area contributed by atoms with Crippen LogP contribution in [0.1, 0.15) is 41.0 Å². The van der Waals surface area contributed by atoms with Crippen molar-refractivity contribution in [1.29, 1.82) is 0 Å². The summed E-state index contributed by atoms with van der Waals surface area (Å²) >= 11 is 0. The number of esters is 1. The molecule has 0 aromatic carbocycles. The molecule has 4 rings (SSSR count). The van der Waals surface area contributed by atoms with Gasteiger partial charge in [-0.25, -0.2) is 0 Å². The van der Waals surface area contributed by atoms with Crippen LogP contribution in [0.3, 0.4) is 0 Å². The molecule has 0 aromatic rings. The molecule has 0 bridgehead atoms. The summed E-state index contributed by atoms with van der Waals surface area (Å²) in [5.41, 5.74) is -4.52. The molecule has 7 nitrogen and oxygen atoms in total. The summed E-state index contributed by atoms with van der Waals surface area (Å²) in [5.74, 6) is -3.77. The molecule has 4 aliphatic rings. The van der Waals surface area contributed by atoms with Crippen molar-refractivity contribution in [1.82, 2.24) is 0 Å². The van der Waals surface area contributed by atoms with Crippen molar-refractivity contribution in [3.05, 3.63) is 23.3 Å². The molecule has 0 amide bonds. The number of hydrogen-bond acceptors (Lipinski definition) is 7. The molecular formula is C22H30O7. The number of carbonyl (C=O) groups is 2. The number of aliphatic hydroxyl groups excluding tert-OH is 2. The van der Waals surface area contributed by atoms with Crippen molar-refractivity contribution >= 4 is 11.8 Å². The van der Waals surface area contributed by atoms with Crippen molar-refractivity contribution < 1.29 is 34.8 Å². The number of fused-ring (bicyclic) bond motifs is 5. The van der Waals surface area contributed by atoms with E-state index in [9.17, 15) is 30.0 Å². The molecule has 29 heavy (non-hydrogen) atoms. The number of Topliss-reactive ketones (excluding diaryl/α,β-unsaturated/α-hetero) is 1. The summed E-state index contributed by atoms with van der Waals surface area (Å²) in [7, 11) is 0. The van der Waals surface area contributed by atoms with Crippen molar-refractivity contribution in [2.75, 3.05) is 6.61 Å². The fraction of sp³-hybridized carbons (Fsp3) is 0.727. The van der Waals surface area contributed by atoms with Crippen LogP contribution in [0.15, 0.2) is 23.3 Å². The number of ketones is 1. The van der Waals surface area contributed by atoms with E-state index in [1.165, 1.54) is 6.92 Å². The smallest absolute Gasteiger partial charge is 0.303 e. The zero-order valence-corrected chi connectivity index (χ0v) is 17.5. The molecule has 7 heteroatoms. The van der Waals surface area contributed by atoms with Gasteiger partial charge in [0.25, 0.3) is 0 Å². The third kappa shape index (κ3) is 2.17. The Labute approximate surface area is 170 Å². The van der Waals surface area contributed by atoms with Gasteiger partial charge in [0.05, 0.1) is 18.3 Å². The molecule has 0 heterocycles. The highest BCUT2D eigenvalue weighted by atomic mass is 16.6. The Kier molecular flexibility index (Phi) is 4.13. The van der Waals surface area contributed by atoms with Gasteiger partial charge in [-0.05, 0) is 18.1 Å². The van der Waals surface area contributed by atoms with Gasteiger partial charge in [0, 0.05) is 42.4 Å². The van der Waals surface area contributed by atoms with Gasteiger partial charge in [0.1, 0.15) is 11.2 Å². The highest BCUT2D eigenvalue weighted by Crippen LogP contribution is 2.76. The van der Waals surface area contributed by atoms with Crippen LogP contribution in [0.5, 0.6) is 0 Å². The van der Waals surface area contributed by atoms with E-state index in [1.807, 2.05) is 13.8 Å². The van der Waals surface area contributed by atoms with Gasteiger partial charge >= 0.3 is 5.97 Å². The van der Waals surface area contributed by atoms with E-state index in [0.717, 1.165) is 0 Å². The number of carbonyl (C=O) groups excluding carboxylic acids is 2. The lowest BCUT2D eigenvalue weighted by atomic mass is 9.59. The predicted octanol–water partition coefficient (Wildman–Crippen LogP) is 0.501. The fourth-order valence-electron chi connectivity index (χ4n) is 6.91. The highest BCUT2D eigenvalue weighted by molar-refractivity contribution is 6.04. The van der Waals surface area contributed by atoms with Crippen LogP contribution in [0.2, 0.25) is 0 Å². The minimum atomic E-state index is -1.88. The van der Waals surface area contributed by atoms with Crippen LogP contribution in [0.25, 0.3) is 0 Å². The van der Waals surface area contributed by atoms with Gasteiger partial charge in [-0.2, -0.15) is 0 Å². The molecule has 4 aliphatic carbocycles. The molecule has 2 saturated carbocycles. The molecule has 0 radical (unpaired) electrons. The minimum Gasteiger partial charge on any atom is -0.456 e. The molecule has 0 saturated heterocycles. The quantitative estimate of drug-likeness (QED) is 0.389. The van der Waals surface area contributed by atoms with E-state index < -0.39 is 63.7 Å². The fourth-order valence-corrected chi connectivity index (χ4v) is 6.91. The third-order valence-corrected chi connectivity index (χ3v) is 8.31. The average molecular weight is 406 g/mol. The first-order valence-corrected chi connectivity index (χ1v) is 10.2. The molecular weight excluding hydrogens is 376 g/mol. The van der Waals surface area contributed by atoms with E-state index in [2.05, 4.69) is 0 Å². The second-order valence-corrected chi connectivity index (χ2v) is 9.97. The maximum absolute atomic E-state index is 12.8. The Morgan fingerprint density at radius 1 is 1.28 bits per heavy atom. The number of aliphatic hydroxyl groups is 4. The Morgan fingerprint density at radius 3 is 2.45 bits per heavy atom. The Morgan fingerprint density at radius 2 is 1.90 bits per heavy atom. The van der Waals surface area contributed by atoms with Gasteiger partial charge in [-0.1, -0.05) is 32.9 Å². The van der Waals surface area contributed by atoms with E-state index >= 15 is 0 Å². The molecule has 2 fully saturated rings. The lowest BCUT2D eigenvalue weighted by Gasteiger charge is -2.52. The lowest BCUT2D eigenvalue weighted by molar-refractivity contribution is -0.218. The minimum absolute atomic E-state index is 0.0871. The van der Waals surface area contributed by atoms with E-state index in [0.29, 0.717) is 11.1 Å². The summed E-state index contributed by atoms with van der Waals surface area (Å²) in [6, 6.07) is 0. The average Bonchev–Trinajstić information content (AvgIpc) is 3.06. The Balaban J connectivity index is 1.94. The lowest BCUT2D eigenvalue weighted by Crippen LogP contribution is -2.65. The first kappa shape index (κ1) is 20.7. The molecule has 8 atom stereocenters. The van der Waals surface area contributed by atoms with Crippen molar-refractivity contribution in [2.45, 2.75) is 63.9 Å². The molecule has 0 aliphatic heterocycles. The first-order valence-electron chi connectivity index (χ1n) is 10.2. The van der Waals surface area contributed by atoms with E-state index in [4.69, 9.17) is 4.74 Å². The second-order valence-electron chi connectivity index (χ2n) is 9.97. The van der Waals surface area contributed by atoms with E-state index in [-0.39, 0.29) is 13.0 Å². The summed E-state index contributed by atoms with van der Waals surface area (Å²) in [5, 5.41) is 44.7. The van der Waals surface area contributed by atoms with Crippen LogP contribution in [0.4, 0.5) is 0 Å². The first-order chi connectivity index (χ1) is 13.3. The monoisotopic (exact) mass is 406 g/mol. The molecule has 160 valence electrons. The third-order valence-electron chi connectivity index (χ3n) is 8.31. The second kappa shape index (κ2) is 5.78. The normalized spacial score (nSPS) is 49.8. The summed E-state index contributed by atoms with van der Waals surface area (Å²) in [4.78, 5) is 24.7. The van der Waals surface area contributed by atoms with Crippen LogP contribution in [-0.2, 0) is 14.3 Å². The molecule has 0 spiro atoms. The van der Waals surface area contributed by atoms with Crippen LogP contribution in [-0.4, -0.2) is 61.7 Å². The summed E-state index contributed by atoms with van der Waals surface area (Å²) < 4.78 is 5.70. The van der Waals surface area contributed by atoms with Gasteiger partial charge in [0.15, 0.2) is 5.78 Å². The SMILES string of the molecule is CC(=O)O[C@@]12[C@H](O)[C@@H](C)[C@]3(O)[C@H]4C=C(C)C(=O)[C@@]4(O)CC(CO)=C[C@H]3[C@@H]1C2(C)C. The van der Waals surface area contributed by atoms with Gasteiger partial charge in [-0.3, -0.25) is 9.59 Å². The standard InChI is InChI=1S/C22H30O7/c1-10-6-15-20(27,17(10)25)8-13(9-23)7-14-16-19(4,5)22(16,29-12(3)24)18(26)11(2)21(14,15)28/h6-7,11,14-16,18,23,26-28H,8-9H2,1-5H3/t11-,14+,15+,16-,18-,20-,21-,22-/m1/s1. The Bertz CT molecular complexity index is 857. The van der Waals surface area contributed by atoms with Crippen molar-refractivity contribution in [3.8, 4) is 0 Å². The van der Waals surface area contributed by atoms with Crippen molar-refractivity contribution in [3.63, 3.8) is 0 Å². The van der Waals surface area contributed by atoms with Crippen LogP contribution < -0.4 is 0 Å². The molecule has 0 aromatic heterocycles. The maximum Gasteiger partial charge on any atom is 0.303 e. The number of rotatable bonds is 2. The zero-order chi connectivity index (χ0) is 21.7. The Hall–Kier alpha value is -1.54. The van der Waals surface area contributed by atoms with Gasteiger partial charge < -0.3 is 25.2 Å². The summed E-state index contributed by atoms with van der Waals surface area (Å²) in [6.45, 7) is 7.96. The van der Waals surface area contributed by atoms with Gasteiger partial charge in [-0.15, -0.1) is 0 Å². The van der Waals surface area contributed by atoms with Crippen molar-refractivity contribution in [2.24, 2.45) is 29.1 Å². The van der Waals surface area contributed by atoms with Gasteiger partial charge in [0.2, 0.25) is 0 Å². The molecule has 4 N–H and O–H groups in total. The molecule has 0 unspecified atom stereocenters.